The molecule has 6 nitrogen and oxygen atoms in total. The summed E-state index contributed by atoms with van der Waals surface area (Å²) in [4.78, 5) is 0. The molecule has 1 N–H and O–H groups in total. The molecule has 1 saturated heterocycles. The zero-order chi connectivity index (χ0) is 15.4. The van der Waals surface area contributed by atoms with Crippen molar-refractivity contribution in [3.05, 3.63) is 11.2 Å². The molecule has 0 unspecified atom stereocenters. The molecule has 0 aromatic carbocycles. The second-order valence-corrected chi connectivity index (χ2v) is 7.20. The maximum Gasteiger partial charge on any atom is 0.201 e. The molecule has 3 rings (SSSR count). The van der Waals surface area contributed by atoms with Crippen LogP contribution in [0.4, 0.5) is 4.39 Å². The van der Waals surface area contributed by atoms with E-state index in [1.165, 1.54) is 4.68 Å². The van der Waals surface area contributed by atoms with E-state index in [0.29, 0.717) is 17.6 Å². The van der Waals surface area contributed by atoms with Gasteiger partial charge in [0, 0.05) is 17.1 Å². The summed E-state index contributed by atoms with van der Waals surface area (Å²) in [5, 5.41) is 19.5. The lowest BCUT2D eigenvalue weighted by molar-refractivity contribution is 0.0257. The second kappa shape index (κ2) is 4.58. The first-order chi connectivity index (χ1) is 9.70. The fourth-order valence-corrected chi connectivity index (χ4v) is 3.40. The van der Waals surface area contributed by atoms with Gasteiger partial charge in [0.15, 0.2) is 5.15 Å². The summed E-state index contributed by atoms with van der Waals surface area (Å²) in [6, 6.07) is 1.13. The van der Waals surface area contributed by atoms with Crippen molar-refractivity contribution in [1.29, 1.82) is 0 Å². The predicted molar refractivity (Wildman–Crippen MR) is 78.0 cm³/mol. The molecule has 8 heteroatoms. The van der Waals surface area contributed by atoms with Gasteiger partial charge in [-0.1, -0.05) is 16.8 Å². The minimum atomic E-state index is -1.12. The highest BCUT2D eigenvalue weighted by Gasteiger charge is 2.48. The lowest BCUT2D eigenvalue weighted by Gasteiger charge is -2.48. The summed E-state index contributed by atoms with van der Waals surface area (Å²) < 4.78 is 16.4. The zero-order valence-corrected chi connectivity index (χ0v) is 13.2. The van der Waals surface area contributed by atoms with Crippen molar-refractivity contribution in [1.82, 2.24) is 30.5 Å². The molecule has 2 atom stereocenters. The number of aromatic nitrogens is 5. The number of hydrogen-bond acceptors (Lipinski definition) is 5. The summed E-state index contributed by atoms with van der Waals surface area (Å²) in [6.45, 7) is 7.81. The van der Waals surface area contributed by atoms with E-state index in [1.807, 2.05) is 13.8 Å². The van der Waals surface area contributed by atoms with Crippen molar-refractivity contribution in [3.8, 4) is 0 Å². The quantitative estimate of drug-likeness (QED) is 0.875. The van der Waals surface area contributed by atoms with Gasteiger partial charge in [-0.15, -0.1) is 15.3 Å². The molecule has 1 aliphatic heterocycles. The van der Waals surface area contributed by atoms with E-state index in [1.54, 1.807) is 6.07 Å². The van der Waals surface area contributed by atoms with E-state index in [0.717, 1.165) is 0 Å². The lowest BCUT2D eigenvalue weighted by Crippen LogP contribution is -2.64. The molecule has 114 valence electrons. The van der Waals surface area contributed by atoms with Crippen molar-refractivity contribution in [2.45, 2.75) is 57.4 Å². The first-order valence-corrected chi connectivity index (χ1v) is 7.25. The smallest absolute Gasteiger partial charge is 0.201 e. The number of fused-ring (bicyclic) bond motifs is 1. The van der Waals surface area contributed by atoms with Gasteiger partial charge in [-0.2, -0.15) is 0 Å². The highest BCUT2D eigenvalue weighted by molar-refractivity contribution is 6.29. The van der Waals surface area contributed by atoms with Crippen LogP contribution in [0.2, 0.25) is 5.15 Å². The third kappa shape index (κ3) is 2.48. The zero-order valence-electron chi connectivity index (χ0n) is 12.4. The van der Waals surface area contributed by atoms with E-state index in [9.17, 15) is 4.39 Å². The van der Waals surface area contributed by atoms with Crippen molar-refractivity contribution in [2.24, 2.45) is 0 Å². The molecule has 0 spiro atoms. The normalized spacial score (nSPS) is 27.9. The number of nitrogens with one attached hydrogen (secondary N) is 1. The molecular formula is C13H18ClFN6. The van der Waals surface area contributed by atoms with Crippen molar-refractivity contribution >= 4 is 22.8 Å². The van der Waals surface area contributed by atoms with Crippen LogP contribution in [0.1, 0.15) is 40.2 Å². The molecule has 0 radical (unpaired) electrons. The standard InChI is InChI=1S/C13H18ClFN6/c1-12(2)6-8(10(15)13(3,4)19-12)21-11-7(16-20-21)5-9(14)17-18-11/h5,8,10,19H,6H2,1-4H3/t8-,10-/m0/s1. The summed E-state index contributed by atoms with van der Waals surface area (Å²) in [5.41, 5.74) is 0.108. The number of piperidine rings is 1. The Morgan fingerprint density at radius 2 is 2.00 bits per heavy atom. The summed E-state index contributed by atoms with van der Waals surface area (Å²) >= 11 is 5.80. The molecule has 21 heavy (non-hydrogen) atoms. The van der Waals surface area contributed by atoms with Crippen LogP contribution in [0, 0.1) is 0 Å². The van der Waals surface area contributed by atoms with Gasteiger partial charge in [0.1, 0.15) is 11.7 Å². The van der Waals surface area contributed by atoms with Crippen molar-refractivity contribution < 1.29 is 4.39 Å². The van der Waals surface area contributed by atoms with Gasteiger partial charge in [-0.05, 0) is 34.1 Å². The summed E-state index contributed by atoms with van der Waals surface area (Å²) in [6.07, 6.45) is -0.534. The maximum atomic E-state index is 14.9. The average molecular weight is 313 g/mol. The number of hydrogen-bond donors (Lipinski definition) is 1. The van der Waals surface area contributed by atoms with Gasteiger partial charge in [-0.3, -0.25) is 0 Å². The largest absolute Gasteiger partial charge is 0.304 e. The molecular weight excluding hydrogens is 295 g/mol. The maximum absolute atomic E-state index is 14.9. The highest BCUT2D eigenvalue weighted by atomic mass is 35.5. The van der Waals surface area contributed by atoms with E-state index in [-0.39, 0.29) is 10.7 Å². The van der Waals surface area contributed by atoms with Gasteiger partial charge in [0.25, 0.3) is 0 Å². The van der Waals surface area contributed by atoms with Gasteiger partial charge in [0.05, 0.1) is 6.04 Å². The number of rotatable bonds is 1. The van der Waals surface area contributed by atoms with Crippen LogP contribution in [-0.4, -0.2) is 42.4 Å². The van der Waals surface area contributed by atoms with Crippen LogP contribution >= 0.6 is 11.6 Å². The molecule has 0 saturated carbocycles. The fourth-order valence-electron chi connectivity index (χ4n) is 3.26. The van der Waals surface area contributed by atoms with E-state index in [2.05, 4.69) is 39.7 Å². The van der Waals surface area contributed by atoms with Gasteiger partial charge >= 0.3 is 0 Å². The lowest BCUT2D eigenvalue weighted by atomic mass is 9.78. The Hall–Kier alpha value is -1.34. The summed E-state index contributed by atoms with van der Waals surface area (Å²) in [7, 11) is 0. The highest BCUT2D eigenvalue weighted by Crippen LogP contribution is 2.38. The first-order valence-electron chi connectivity index (χ1n) is 6.87. The SMILES string of the molecule is CC1(C)C[C@H](n2nnc3cc(Cl)nnc32)[C@H](F)C(C)(C)N1. The predicted octanol–water partition coefficient (Wildman–Crippen LogP) is 2.30. The van der Waals surface area contributed by atoms with Crippen LogP contribution in [-0.2, 0) is 0 Å². The molecule has 3 heterocycles. The Morgan fingerprint density at radius 1 is 1.29 bits per heavy atom. The van der Waals surface area contributed by atoms with E-state index >= 15 is 0 Å². The molecule has 0 bridgehead atoms. The average Bonchev–Trinajstić information content (AvgIpc) is 2.75. The topological polar surface area (TPSA) is 68.5 Å². The number of nitrogens with zero attached hydrogens (tertiary/aromatic N) is 5. The van der Waals surface area contributed by atoms with Crippen LogP contribution in [0.25, 0.3) is 11.2 Å². The summed E-state index contributed by atoms with van der Waals surface area (Å²) in [5.74, 6) is 0. The third-order valence-corrected chi connectivity index (χ3v) is 4.10. The Bertz CT molecular complexity index is 682. The Labute approximate surface area is 127 Å². The Balaban J connectivity index is 2.08. The monoisotopic (exact) mass is 312 g/mol. The van der Waals surface area contributed by atoms with Gasteiger partial charge in [-0.25, -0.2) is 9.07 Å². The number of halogens is 2. The molecule has 1 fully saturated rings. The number of alkyl halides is 1. The Morgan fingerprint density at radius 3 is 2.71 bits per heavy atom. The van der Waals surface area contributed by atoms with E-state index < -0.39 is 17.8 Å². The minimum absolute atomic E-state index is 0.213. The van der Waals surface area contributed by atoms with E-state index in [4.69, 9.17) is 11.6 Å². The Kier molecular flexibility index (Phi) is 3.18. The molecule has 1 aliphatic rings. The van der Waals surface area contributed by atoms with Gasteiger partial charge < -0.3 is 5.32 Å². The molecule has 0 amide bonds. The van der Waals surface area contributed by atoms with Crippen molar-refractivity contribution in [2.75, 3.05) is 0 Å². The van der Waals surface area contributed by atoms with Crippen LogP contribution in [0.5, 0.6) is 0 Å². The molecule has 2 aromatic rings. The minimum Gasteiger partial charge on any atom is -0.304 e. The van der Waals surface area contributed by atoms with Crippen LogP contribution in [0.3, 0.4) is 0 Å². The molecule has 2 aromatic heterocycles. The second-order valence-electron chi connectivity index (χ2n) is 6.81. The van der Waals surface area contributed by atoms with Crippen molar-refractivity contribution in [3.63, 3.8) is 0 Å². The van der Waals surface area contributed by atoms with Crippen LogP contribution in [0.15, 0.2) is 6.07 Å². The third-order valence-electron chi connectivity index (χ3n) is 3.91. The molecule has 0 aliphatic carbocycles. The first kappa shape index (κ1) is 14.6. The van der Waals surface area contributed by atoms with Gasteiger partial charge in [0.2, 0.25) is 5.65 Å². The fraction of sp³-hybridized carbons (Fsp3) is 0.692. The van der Waals surface area contributed by atoms with Crippen LogP contribution < -0.4 is 5.32 Å².